The minimum absolute atomic E-state index is 0.0480. The van der Waals surface area contributed by atoms with Gasteiger partial charge < -0.3 is 14.6 Å². The fourth-order valence-electron chi connectivity index (χ4n) is 5.31. The molecule has 1 unspecified atom stereocenters. The number of piperazine rings is 1. The highest BCUT2D eigenvalue weighted by atomic mass is 35.5. The van der Waals surface area contributed by atoms with Crippen molar-refractivity contribution in [1.29, 1.82) is 0 Å². The molecule has 3 aromatic carbocycles. The van der Waals surface area contributed by atoms with Gasteiger partial charge in [0.05, 0.1) is 28.1 Å². The Morgan fingerprint density at radius 1 is 0.973 bits per heavy atom. The summed E-state index contributed by atoms with van der Waals surface area (Å²) in [6, 6.07) is 21.2. The predicted molar refractivity (Wildman–Crippen MR) is 145 cm³/mol. The zero-order valence-electron chi connectivity index (χ0n) is 19.7. The second-order valence-electron chi connectivity index (χ2n) is 9.22. The number of carbonyl (C=O) groups is 1. The Labute approximate surface area is 221 Å². The van der Waals surface area contributed by atoms with Crippen LogP contribution in [0.15, 0.2) is 76.6 Å². The van der Waals surface area contributed by atoms with Crippen molar-refractivity contribution in [2.75, 3.05) is 31.1 Å². The summed E-state index contributed by atoms with van der Waals surface area (Å²) in [5.41, 5.74) is 2.42. The first-order valence-corrected chi connectivity index (χ1v) is 13.3. The molecular weight excluding hydrogens is 513 g/mol. The van der Waals surface area contributed by atoms with Crippen molar-refractivity contribution >= 4 is 45.9 Å². The average molecular weight is 536 g/mol. The third-order valence-corrected chi connectivity index (χ3v) is 8.49. The number of pyridine rings is 1. The van der Waals surface area contributed by atoms with Crippen LogP contribution < -0.4 is 10.3 Å². The van der Waals surface area contributed by atoms with Crippen LogP contribution in [0.4, 0.5) is 10.1 Å². The summed E-state index contributed by atoms with van der Waals surface area (Å²) >= 11 is 7.46. The van der Waals surface area contributed by atoms with Gasteiger partial charge in [0.2, 0.25) is 5.43 Å². The van der Waals surface area contributed by atoms with Gasteiger partial charge in [0, 0.05) is 36.6 Å². The Morgan fingerprint density at radius 2 is 1.65 bits per heavy atom. The van der Waals surface area contributed by atoms with Crippen molar-refractivity contribution in [3.05, 3.63) is 104 Å². The second-order valence-corrected chi connectivity index (χ2v) is 10.6. The molecule has 1 aromatic heterocycles. The van der Waals surface area contributed by atoms with Crippen LogP contribution in [-0.4, -0.2) is 46.7 Å². The molecular formula is C28H23ClFN3O3S. The van der Waals surface area contributed by atoms with Crippen LogP contribution in [0, 0.1) is 5.82 Å². The van der Waals surface area contributed by atoms with Crippen LogP contribution in [0.1, 0.15) is 27.5 Å². The summed E-state index contributed by atoms with van der Waals surface area (Å²) in [6.07, 6.45) is 0. The molecule has 0 aliphatic carbocycles. The number of hydrogen-bond donors (Lipinski definition) is 1. The van der Waals surface area contributed by atoms with Crippen LogP contribution in [0.25, 0.3) is 10.9 Å². The highest BCUT2D eigenvalue weighted by Gasteiger charge is 2.31. The van der Waals surface area contributed by atoms with Gasteiger partial charge in [-0.15, -0.1) is 0 Å². The fraction of sp³-hybridized carbons (Fsp3) is 0.214. The van der Waals surface area contributed by atoms with Crippen LogP contribution >= 0.6 is 23.4 Å². The zero-order chi connectivity index (χ0) is 25.7. The number of carboxylic acid groups (broad SMARTS) is 1. The first-order chi connectivity index (χ1) is 17.9. The van der Waals surface area contributed by atoms with Crippen LogP contribution in [0.3, 0.4) is 0 Å². The molecule has 0 amide bonds. The van der Waals surface area contributed by atoms with E-state index in [-0.39, 0.29) is 17.0 Å². The molecule has 0 spiro atoms. The van der Waals surface area contributed by atoms with E-state index in [2.05, 4.69) is 17.0 Å². The van der Waals surface area contributed by atoms with Crippen LogP contribution in [0.2, 0.25) is 5.02 Å². The number of thioether (sulfide) groups is 1. The quantitative estimate of drug-likeness (QED) is 0.366. The van der Waals surface area contributed by atoms with Gasteiger partial charge in [0.15, 0.2) is 0 Å². The maximum absolute atomic E-state index is 15.3. The molecule has 188 valence electrons. The molecule has 0 saturated carbocycles. The Balaban J connectivity index is 1.31. The van der Waals surface area contributed by atoms with Gasteiger partial charge in [-0.1, -0.05) is 65.8 Å². The fourth-order valence-corrected chi connectivity index (χ4v) is 6.39. The standard InChI is InChI=1S/C28H23ClFN3O3S/c29-19-8-6-18(7-9-19)25(17-4-2-1-3-5-17)32-12-10-31(11-13-32)23-15-22-20(14-21(23)30)26(34)24(28(35)36)27-33(22)16-37-27/h1-9,14-15,25H,10-13,16H2,(H,35,36). The predicted octanol–water partition coefficient (Wildman–Crippen LogP) is 5.47. The number of halogens is 2. The number of benzene rings is 3. The van der Waals surface area contributed by atoms with E-state index in [9.17, 15) is 14.7 Å². The molecule has 3 heterocycles. The summed E-state index contributed by atoms with van der Waals surface area (Å²) < 4.78 is 17.1. The number of aromatic carboxylic acids is 1. The third kappa shape index (κ3) is 4.19. The van der Waals surface area contributed by atoms with E-state index in [4.69, 9.17) is 11.6 Å². The Kier molecular flexibility index (Phi) is 6.18. The van der Waals surface area contributed by atoms with Crippen LogP contribution in [0.5, 0.6) is 0 Å². The van der Waals surface area contributed by atoms with E-state index in [1.54, 1.807) is 10.6 Å². The highest BCUT2D eigenvalue weighted by molar-refractivity contribution is 7.99. The molecule has 4 aromatic rings. The van der Waals surface area contributed by atoms with Crippen molar-refractivity contribution in [1.82, 2.24) is 9.47 Å². The van der Waals surface area contributed by atoms with E-state index >= 15 is 4.39 Å². The number of fused-ring (bicyclic) bond motifs is 3. The van der Waals surface area contributed by atoms with Crippen molar-refractivity contribution in [3.8, 4) is 0 Å². The van der Waals surface area contributed by atoms with Gasteiger partial charge in [-0.05, 0) is 35.4 Å². The number of anilines is 1. The largest absolute Gasteiger partial charge is 0.477 e. The summed E-state index contributed by atoms with van der Waals surface area (Å²) in [5, 5.41) is 10.7. The lowest BCUT2D eigenvalue weighted by atomic mass is 9.96. The van der Waals surface area contributed by atoms with Crippen molar-refractivity contribution < 1.29 is 14.3 Å². The lowest BCUT2D eigenvalue weighted by Crippen LogP contribution is -2.48. The number of aromatic nitrogens is 1. The molecule has 1 N–H and O–H groups in total. The van der Waals surface area contributed by atoms with Gasteiger partial charge in [-0.25, -0.2) is 9.18 Å². The molecule has 2 aliphatic heterocycles. The van der Waals surface area contributed by atoms with Gasteiger partial charge in [-0.2, -0.15) is 0 Å². The topological polar surface area (TPSA) is 65.8 Å². The number of rotatable bonds is 5. The van der Waals surface area contributed by atoms with E-state index in [1.807, 2.05) is 47.4 Å². The third-order valence-electron chi connectivity index (χ3n) is 7.15. The summed E-state index contributed by atoms with van der Waals surface area (Å²) in [7, 11) is 0. The van der Waals surface area contributed by atoms with E-state index in [0.717, 1.165) is 5.56 Å². The lowest BCUT2D eigenvalue weighted by molar-refractivity contribution is 0.0689. The minimum Gasteiger partial charge on any atom is -0.477 e. The Morgan fingerprint density at radius 3 is 2.27 bits per heavy atom. The van der Waals surface area contributed by atoms with Gasteiger partial charge >= 0.3 is 5.97 Å². The van der Waals surface area contributed by atoms with Gasteiger partial charge in [0.1, 0.15) is 11.4 Å². The zero-order valence-corrected chi connectivity index (χ0v) is 21.3. The van der Waals surface area contributed by atoms with Gasteiger partial charge in [-0.3, -0.25) is 9.69 Å². The SMILES string of the molecule is O=C(O)c1c2n(c3cc(N4CCN(C(c5ccccc5)c5ccc(Cl)cc5)CC4)c(F)cc3c1=O)CS2. The molecule has 37 heavy (non-hydrogen) atoms. The smallest absolute Gasteiger partial charge is 0.342 e. The molecule has 2 aliphatic rings. The maximum atomic E-state index is 15.3. The summed E-state index contributed by atoms with van der Waals surface area (Å²) in [4.78, 5) is 28.9. The summed E-state index contributed by atoms with van der Waals surface area (Å²) in [6.45, 7) is 2.65. The average Bonchev–Trinajstić information content (AvgIpc) is 2.88. The van der Waals surface area contributed by atoms with Crippen molar-refractivity contribution in [2.24, 2.45) is 0 Å². The van der Waals surface area contributed by atoms with E-state index in [0.29, 0.717) is 53.3 Å². The van der Waals surface area contributed by atoms with E-state index < -0.39 is 17.2 Å². The lowest BCUT2D eigenvalue weighted by Gasteiger charge is -2.41. The molecule has 6 nitrogen and oxygen atoms in total. The van der Waals surface area contributed by atoms with Crippen molar-refractivity contribution in [3.63, 3.8) is 0 Å². The molecule has 9 heteroatoms. The molecule has 0 radical (unpaired) electrons. The monoisotopic (exact) mass is 535 g/mol. The summed E-state index contributed by atoms with van der Waals surface area (Å²) in [5.74, 6) is -1.26. The first kappa shape index (κ1) is 24.0. The normalized spacial score (nSPS) is 16.3. The molecule has 1 fully saturated rings. The Hall–Kier alpha value is -3.33. The molecule has 1 atom stereocenters. The molecule has 0 bridgehead atoms. The number of carboxylic acids is 1. The second kappa shape index (κ2) is 9.52. The number of hydrogen-bond acceptors (Lipinski definition) is 5. The Bertz CT molecular complexity index is 1570. The number of nitrogens with zero attached hydrogens (tertiary/aromatic N) is 3. The molecule has 6 rings (SSSR count). The van der Waals surface area contributed by atoms with Crippen LogP contribution in [-0.2, 0) is 5.88 Å². The highest BCUT2D eigenvalue weighted by Crippen LogP contribution is 2.38. The van der Waals surface area contributed by atoms with Crippen molar-refractivity contribution in [2.45, 2.75) is 16.9 Å². The first-order valence-electron chi connectivity index (χ1n) is 12.0. The van der Waals surface area contributed by atoms with E-state index in [1.165, 1.54) is 23.4 Å². The maximum Gasteiger partial charge on any atom is 0.342 e. The minimum atomic E-state index is -1.28. The van der Waals surface area contributed by atoms with Gasteiger partial charge in [0.25, 0.3) is 0 Å². The molecule has 1 saturated heterocycles.